The van der Waals surface area contributed by atoms with Crippen LogP contribution in [0.2, 0.25) is 0 Å². The minimum atomic E-state index is -0.804. The third-order valence-electron chi connectivity index (χ3n) is 11.5. The van der Waals surface area contributed by atoms with Crippen LogP contribution in [0.25, 0.3) is 0 Å². The van der Waals surface area contributed by atoms with Crippen LogP contribution in [0.5, 0.6) is 0 Å². The Morgan fingerprint density at radius 2 is 0.591 bits per heavy atom. The molecule has 0 aliphatic rings. The second-order valence-corrected chi connectivity index (χ2v) is 17.9. The Balaban J connectivity index is 4.44. The van der Waals surface area contributed by atoms with Crippen LogP contribution in [0.15, 0.2) is 97.2 Å². The van der Waals surface area contributed by atoms with Gasteiger partial charge in [0.05, 0.1) is 0 Å². The van der Waals surface area contributed by atoms with Crippen molar-refractivity contribution in [3.8, 4) is 0 Å². The predicted molar refractivity (Wildman–Crippen MR) is 284 cm³/mol. The van der Waals surface area contributed by atoms with Crippen LogP contribution < -0.4 is 0 Å². The van der Waals surface area contributed by atoms with Crippen LogP contribution in [-0.4, -0.2) is 37.2 Å². The molecule has 0 spiro atoms. The van der Waals surface area contributed by atoms with Gasteiger partial charge < -0.3 is 14.2 Å². The van der Waals surface area contributed by atoms with Gasteiger partial charge in [0.15, 0.2) is 6.10 Å². The third-order valence-corrected chi connectivity index (χ3v) is 11.5. The summed E-state index contributed by atoms with van der Waals surface area (Å²) in [4.78, 5) is 38.1. The van der Waals surface area contributed by atoms with Crippen molar-refractivity contribution in [3.05, 3.63) is 97.2 Å². The van der Waals surface area contributed by atoms with Crippen LogP contribution >= 0.6 is 0 Å². The lowest BCUT2D eigenvalue weighted by Gasteiger charge is -2.18. The molecule has 0 radical (unpaired) electrons. The molecule has 6 nitrogen and oxygen atoms in total. The first-order valence-electron chi connectivity index (χ1n) is 27.3. The van der Waals surface area contributed by atoms with Gasteiger partial charge >= 0.3 is 17.9 Å². The van der Waals surface area contributed by atoms with E-state index < -0.39 is 6.10 Å². The molecule has 0 rings (SSSR count). The average molecular weight is 917 g/mol. The summed E-state index contributed by atoms with van der Waals surface area (Å²) >= 11 is 0. The van der Waals surface area contributed by atoms with E-state index in [1.54, 1.807) is 0 Å². The lowest BCUT2D eigenvalue weighted by Crippen LogP contribution is -2.30. The third kappa shape index (κ3) is 51.3. The van der Waals surface area contributed by atoms with Gasteiger partial charge in [0.2, 0.25) is 0 Å². The van der Waals surface area contributed by atoms with Crippen molar-refractivity contribution in [3.63, 3.8) is 0 Å². The second-order valence-electron chi connectivity index (χ2n) is 17.9. The highest BCUT2D eigenvalue weighted by atomic mass is 16.6. The van der Waals surface area contributed by atoms with E-state index in [1.165, 1.54) is 122 Å². The molecular weight excluding hydrogens is 817 g/mol. The molecule has 0 saturated carbocycles. The van der Waals surface area contributed by atoms with Gasteiger partial charge in [-0.2, -0.15) is 0 Å². The molecule has 376 valence electrons. The van der Waals surface area contributed by atoms with E-state index in [0.717, 1.165) is 77.0 Å². The van der Waals surface area contributed by atoms with E-state index in [-0.39, 0.29) is 37.5 Å². The van der Waals surface area contributed by atoms with Crippen molar-refractivity contribution in [2.24, 2.45) is 0 Å². The zero-order valence-electron chi connectivity index (χ0n) is 42.9. The summed E-state index contributed by atoms with van der Waals surface area (Å²) in [6.07, 6.45) is 71.1. The normalized spacial score (nSPS) is 12.8. The Morgan fingerprint density at radius 3 is 0.939 bits per heavy atom. The SMILES string of the molecule is CC\C=C/C=C\C=C/C=C\C=C/CCCCCC(=O)OC(COC(=O)CCCCCCCCC\C=C/C=C\C=C/CC)COC(=O)CCCCCCCCCCCCCCCCCCCC. The van der Waals surface area contributed by atoms with Crippen LogP contribution in [0.3, 0.4) is 0 Å². The largest absolute Gasteiger partial charge is 0.462 e. The molecule has 1 unspecified atom stereocenters. The van der Waals surface area contributed by atoms with Crippen LogP contribution in [-0.2, 0) is 28.6 Å². The maximum Gasteiger partial charge on any atom is 0.306 e. The van der Waals surface area contributed by atoms with Crippen LogP contribution in [0.4, 0.5) is 0 Å². The number of allylic oxidation sites excluding steroid dienone is 16. The number of carbonyl (C=O) groups is 3. The molecule has 66 heavy (non-hydrogen) atoms. The maximum absolute atomic E-state index is 12.8. The predicted octanol–water partition coefficient (Wildman–Crippen LogP) is 18.1. The van der Waals surface area contributed by atoms with Gasteiger partial charge in [-0.25, -0.2) is 0 Å². The Kier molecular flexibility index (Phi) is 50.9. The van der Waals surface area contributed by atoms with E-state index >= 15 is 0 Å². The Bertz CT molecular complexity index is 1330. The van der Waals surface area contributed by atoms with Crippen LogP contribution in [0, 0.1) is 0 Å². The monoisotopic (exact) mass is 917 g/mol. The van der Waals surface area contributed by atoms with E-state index in [2.05, 4.69) is 69.4 Å². The fraction of sp³-hybridized carbons (Fsp3) is 0.683. The molecule has 0 saturated heterocycles. The van der Waals surface area contributed by atoms with Crippen LogP contribution in [0.1, 0.15) is 245 Å². The molecule has 0 aromatic carbocycles. The lowest BCUT2D eigenvalue weighted by atomic mass is 10.0. The fourth-order valence-corrected chi connectivity index (χ4v) is 7.46. The van der Waals surface area contributed by atoms with Gasteiger partial charge in [0, 0.05) is 19.3 Å². The highest BCUT2D eigenvalue weighted by Gasteiger charge is 2.19. The van der Waals surface area contributed by atoms with E-state index in [0.29, 0.717) is 19.3 Å². The quantitative estimate of drug-likeness (QED) is 0.0262. The molecule has 0 bridgehead atoms. The number of esters is 3. The van der Waals surface area contributed by atoms with E-state index in [1.807, 2.05) is 48.6 Å². The number of rotatable bonds is 48. The van der Waals surface area contributed by atoms with Gasteiger partial charge in [-0.3, -0.25) is 14.4 Å². The summed E-state index contributed by atoms with van der Waals surface area (Å²) in [7, 11) is 0. The van der Waals surface area contributed by atoms with Gasteiger partial charge in [0.1, 0.15) is 13.2 Å². The minimum Gasteiger partial charge on any atom is -0.462 e. The summed E-state index contributed by atoms with van der Waals surface area (Å²) in [6.45, 7) is 6.33. The topological polar surface area (TPSA) is 78.9 Å². The summed E-state index contributed by atoms with van der Waals surface area (Å²) in [5.74, 6) is -0.950. The van der Waals surface area contributed by atoms with Gasteiger partial charge in [0.25, 0.3) is 0 Å². The van der Waals surface area contributed by atoms with Gasteiger partial charge in [-0.15, -0.1) is 0 Å². The second kappa shape index (κ2) is 53.9. The zero-order valence-corrected chi connectivity index (χ0v) is 42.9. The highest BCUT2D eigenvalue weighted by molar-refractivity contribution is 5.71. The molecule has 1 atom stereocenters. The molecular formula is C60H100O6. The summed E-state index contributed by atoms with van der Waals surface area (Å²) < 4.78 is 16.8. The molecule has 0 aliphatic heterocycles. The highest BCUT2D eigenvalue weighted by Crippen LogP contribution is 2.16. The number of unbranched alkanes of at least 4 members (excludes halogenated alkanes) is 27. The molecule has 6 heteroatoms. The van der Waals surface area contributed by atoms with Crippen molar-refractivity contribution >= 4 is 17.9 Å². The summed E-state index contributed by atoms with van der Waals surface area (Å²) in [6, 6.07) is 0. The van der Waals surface area contributed by atoms with E-state index in [9.17, 15) is 14.4 Å². The lowest BCUT2D eigenvalue weighted by molar-refractivity contribution is -0.167. The number of ether oxygens (including phenoxy) is 3. The molecule has 0 aliphatic carbocycles. The molecule has 0 heterocycles. The molecule has 0 amide bonds. The number of hydrogen-bond donors (Lipinski definition) is 0. The molecule has 0 aromatic rings. The van der Waals surface area contributed by atoms with Crippen molar-refractivity contribution in [2.75, 3.05) is 13.2 Å². The zero-order chi connectivity index (χ0) is 47.9. The van der Waals surface area contributed by atoms with Crippen molar-refractivity contribution < 1.29 is 28.6 Å². The average Bonchev–Trinajstić information content (AvgIpc) is 3.31. The fourth-order valence-electron chi connectivity index (χ4n) is 7.46. The van der Waals surface area contributed by atoms with Crippen molar-refractivity contribution in [1.82, 2.24) is 0 Å². The Hall–Kier alpha value is -3.67. The first kappa shape index (κ1) is 62.3. The molecule has 0 N–H and O–H groups in total. The number of hydrogen-bond acceptors (Lipinski definition) is 6. The Labute approximate surface area is 407 Å². The molecule has 0 aromatic heterocycles. The van der Waals surface area contributed by atoms with Crippen molar-refractivity contribution in [1.29, 1.82) is 0 Å². The number of carbonyl (C=O) groups excluding carboxylic acids is 3. The van der Waals surface area contributed by atoms with Crippen molar-refractivity contribution in [2.45, 2.75) is 252 Å². The first-order valence-corrected chi connectivity index (χ1v) is 27.3. The summed E-state index contributed by atoms with van der Waals surface area (Å²) in [5, 5.41) is 0. The maximum atomic E-state index is 12.8. The smallest absolute Gasteiger partial charge is 0.306 e. The Morgan fingerprint density at radius 1 is 0.318 bits per heavy atom. The van der Waals surface area contributed by atoms with E-state index in [4.69, 9.17) is 14.2 Å². The van der Waals surface area contributed by atoms with Gasteiger partial charge in [-0.1, -0.05) is 266 Å². The standard InChI is InChI=1S/C60H100O6/c1-4-7-10-13-16-19-22-25-28-29-30-33-35-38-41-44-47-50-53-59(62)65-56-57(66-60(63)54-51-48-45-42-39-36-32-27-24-21-18-15-12-9-6-3)55-64-58(61)52-49-46-43-40-37-34-31-26-23-20-17-14-11-8-5-2/h8-9,11-12,14-15,17-18,20-21,23-24,27,32,36,39,57H,4-7,10,13,16,19,22,25-26,28-31,33-35,37-38,40-56H2,1-3H3/b11-8-,12-9-,17-14-,18-15-,23-20-,24-21-,32-27-,39-36-. The van der Waals surface area contributed by atoms with Gasteiger partial charge in [-0.05, 0) is 57.8 Å². The molecule has 0 fully saturated rings. The minimum absolute atomic E-state index is 0.0978. The summed E-state index contributed by atoms with van der Waals surface area (Å²) in [5.41, 5.74) is 0. The first-order chi connectivity index (χ1) is 32.5.